The Labute approximate surface area is 120 Å². The van der Waals surface area contributed by atoms with Gasteiger partial charge in [0.05, 0.1) is 19.8 Å². The molecule has 1 aliphatic rings. The summed E-state index contributed by atoms with van der Waals surface area (Å²) in [5.41, 5.74) is 0.427. The summed E-state index contributed by atoms with van der Waals surface area (Å²) in [6.45, 7) is 13.2. The van der Waals surface area contributed by atoms with Crippen LogP contribution in [0.15, 0.2) is 0 Å². The lowest BCUT2D eigenvalue weighted by molar-refractivity contribution is 0.0454. The molecule has 1 rings (SSSR count). The van der Waals surface area contributed by atoms with E-state index in [0.29, 0.717) is 5.54 Å². The van der Waals surface area contributed by atoms with Gasteiger partial charge in [0, 0.05) is 20.1 Å². The molecular weight excluding hydrogens is 238 g/mol. The number of hydrogen-bond acceptors (Lipinski definition) is 3. The van der Waals surface area contributed by atoms with Crippen LogP contribution in [-0.2, 0) is 9.47 Å². The molecule has 0 spiro atoms. The molecule has 0 radical (unpaired) electrons. The standard InChI is InChI=1S/C16H33NO2.H2/c1-14(2)6-5-10-18-12-13-19-11-9-17-16(7-8-16)15(3)4;/h14-15,17H,5-13H2,1-4H3;1H. The zero-order valence-electron chi connectivity index (χ0n) is 13.3. The third-order valence-electron chi connectivity index (χ3n) is 4.06. The van der Waals surface area contributed by atoms with Crippen molar-refractivity contribution in [2.24, 2.45) is 11.8 Å². The molecule has 0 aromatic carbocycles. The van der Waals surface area contributed by atoms with Crippen LogP contribution in [0.1, 0.15) is 54.8 Å². The lowest BCUT2D eigenvalue weighted by Gasteiger charge is -2.21. The van der Waals surface area contributed by atoms with E-state index in [9.17, 15) is 0 Å². The first-order chi connectivity index (χ1) is 9.07. The SMILES string of the molecule is CC(C)CCCOCCOCCNC1(C(C)C)CC1.[HH]. The van der Waals surface area contributed by atoms with Crippen LogP contribution in [0.25, 0.3) is 0 Å². The molecule has 1 saturated carbocycles. The summed E-state index contributed by atoms with van der Waals surface area (Å²) in [6.07, 6.45) is 5.06. The molecule has 0 heterocycles. The van der Waals surface area contributed by atoms with Crippen molar-refractivity contribution in [3.05, 3.63) is 0 Å². The van der Waals surface area contributed by atoms with Gasteiger partial charge in [0.25, 0.3) is 0 Å². The molecule has 0 unspecified atom stereocenters. The van der Waals surface area contributed by atoms with Gasteiger partial charge in [-0.25, -0.2) is 0 Å². The minimum Gasteiger partial charge on any atom is -0.379 e. The third-order valence-corrected chi connectivity index (χ3v) is 4.06. The van der Waals surface area contributed by atoms with Gasteiger partial charge in [0.1, 0.15) is 0 Å². The topological polar surface area (TPSA) is 30.5 Å². The smallest absolute Gasteiger partial charge is 0.0701 e. The van der Waals surface area contributed by atoms with Gasteiger partial charge >= 0.3 is 0 Å². The molecule has 19 heavy (non-hydrogen) atoms. The Bertz CT molecular complexity index is 231. The van der Waals surface area contributed by atoms with Gasteiger partial charge in [-0.15, -0.1) is 0 Å². The van der Waals surface area contributed by atoms with Crippen LogP contribution < -0.4 is 5.32 Å². The number of hydrogen-bond donors (Lipinski definition) is 1. The highest BCUT2D eigenvalue weighted by molar-refractivity contribution is 5.03. The van der Waals surface area contributed by atoms with Gasteiger partial charge in [-0.3, -0.25) is 0 Å². The van der Waals surface area contributed by atoms with Crippen LogP contribution in [0, 0.1) is 11.8 Å². The van der Waals surface area contributed by atoms with E-state index in [1.165, 1.54) is 19.3 Å². The normalized spacial score (nSPS) is 17.4. The first-order valence-corrected chi connectivity index (χ1v) is 7.97. The summed E-state index contributed by atoms with van der Waals surface area (Å²) in [5, 5.41) is 3.63. The fraction of sp³-hybridized carbons (Fsp3) is 1.00. The molecular formula is C16H35NO2. The molecule has 0 aromatic rings. The summed E-state index contributed by atoms with van der Waals surface area (Å²) in [5.74, 6) is 1.51. The minimum absolute atomic E-state index is 0. The average molecular weight is 273 g/mol. The summed E-state index contributed by atoms with van der Waals surface area (Å²) in [6, 6.07) is 0. The molecule has 1 N–H and O–H groups in total. The van der Waals surface area contributed by atoms with Crippen molar-refractivity contribution in [2.75, 3.05) is 33.0 Å². The fourth-order valence-electron chi connectivity index (χ4n) is 2.38. The Balaban J connectivity index is 0.00000361. The van der Waals surface area contributed by atoms with Gasteiger partial charge in [-0.05, 0) is 37.5 Å². The molecule has 1 aliphatic carbocycles. The minimum atomic E-state index is 0. The Hall–Kier alpha value is -0.120. The van der Waals surface area contributed by atoms with Crippen LogP contribution in [-0.4, -0.2) is 38.5 Å². The van der Waals surface area contributed by atoms with E-state index in [1.807, 2.05) is 0 Å². The van der Waals surface area contributed by atoms with Crippen LogP contribution in [0.3, 0.4) is 0 Å². The largest absolute Gasteiger partial charge is 0.379 e. The van der Waals surface area contributed by atoms with E-state index in [-0.39, 0.29) is 1.43 Å². The fourth-order valence-corrected chi connectivity index (χ4v) is 2.38. The lowest BCUT2D eigenvalue weighted by atomic mass is 10.0. The average Bonchev–Trinajstić information content (AvgIpc) is 3.12. The van der Waals surface area contributed by atoms with Crippen molar-refractivity contribution in [1.82, 2.24) is 5.32 Å². The highest BCUT2D eigenvalue weighted by Gasteiger charge is 2.44. The Morgan fingerprint density at radius 1 is 1.00 bits per heavy atom. The summed E-state index contributed by atoms with van der Waals surface area (Å²) < 4.78 is 11.1. The molecule has 3 heteroatoms. The maximum atomic E-state index is 5.58. The van der Waals surface area contributed by atoms with Gasteiger partial charge < -0.3 is 14.8 Å². The van der Waals surface area contributed by atoms with Crippen molar-refractivity contribution >= 4 is 0 Å². The number of ether oxygens (including phenoxy) is 2. The molecule has 1 fully saturated rings. The van der Waals surface area contributed by atoms with Crippen LogP contribution in [0.4, 0.5) is 0 Å². The van der Waals surface area contributed by atoms with E-state index in [0.717, 1.165) is 51.2 Å². The molecule has 0 saturated heterocycles. The second kappa shape index (κ2) is 8.93. The second-order valence-electron chi connectivity index (χ2n) is 6.50. The predicted octanol–water partition coefficient (Wildman–Crippen LogP) is 3.48. The van der Waals surface area contributed by atoms with Crippen molar-refractivity contribution < 1.29 is 10.9 Å². The number of nitrogens with one attached hydrogen (secondary N) is 1. The predicted molar refractivity (Wildman–Crippen MR) is 82.6 cm³/mol. The lowest BCUT2D eigenvalue weighted by Crippen LogP contribution is -2.38. The Morgan fingerprint density at radius 3 is 2.16 bits per heavy atom. The summed E-state index contributed by atoms with van der Waals surface area (Å²) in [4.78, 5) is 0. The summed E-state index contributed by atoms with van der Waals surface area (Å²) in [7, 11) is 0. The van der Waals surface area contributed by atoms with Crippen LogP contribution in [0.2, 0.25) is 0 Å². The van der Waals surface area contributed by atoms with E-state index in [1.54, 1.807) is 0 Å². The number of rotatable bonds is 12. The second-order valence-corrected chi connectivity index (χ2v) is 6.50. The van der Waals surface area contributed by atoms with E-state index < -0.39 is 0 Å². The quantitative estimate of drug-likeness (QED) is 0.552. The molecule has 0 bridgehead atoms. The van der Waals surface area contributed by atoms with Crippen molar-refractivity contribution in [1.29, 1.82) is 0 Å². The monoisotopic (exact) mass is 273 g/mol. The third kappa shape index (κ3) is 7.28. The summed E-state index contributed by atoms with van der Waals surface area (Å²) >= 11 is 0. The molecule has 3 nitrogen and oxygen atoms in total. The molecule has 0 amide bonds. The van der Waals surface area contributed by atoms with Gasteiger partial charge in [0.15, 0.2) is 0 Å². The molecule has 0 atom stereocenters. The molecule has 116 valence electrons. The van der Waals surface area contributed by atoms with E-state index >= 15 is 0 Å². The highest BCUT2D eigenvalue weighted by Crippen LogP contribution is 2.41. The van der Waals surface area contributed by atoms with Crippen LogP contribution in [0.5, 0.6) is 0 Å². The van der Waals surface area contributed by atoms with Gasteiger partial charge in [0.2, 0.25) is 0 Å². The van der Waals surface area contributed by atoms with Gasteiger partial charge in [-0.2, -0.15) is 0 Å². The van der Waals surface area contributed by atoms with Gasteiger partial charge in [-0.1, -0.05) is 27.7 Å². The highest BCUT2D eigenvalue weighted by atomic mass is 16.5. The Kier molecular flexibility index (Phi) is 7.96. The van der Waals surface area contributed by atoms with Crippen LogP contribution >= 0.6 is 0 Å². The van der Waals surface area contributed by atoms with E-state index in [2.05, 4.69) is 33.0 Å². The van der Waals surface area contributed by atoms with Crippen molar-refractivity contribution in [2.45, 2.75) is 58.9 Å². The van der Waals surface area contributed by atoms with Crippen molar-refractivity contribution in [3.8, 4) is 0 Å². The van der Waals surface area contributed by atoms with Crippen molar-refractivity contribution in [3.63, 3.8) is 0 Å². The first-order valence-electron chi connectivity index (χ1n) is 7.97. The van der Waals surface area contributed by atoms with E-state index in [4.69, 9.17) is 9.47 Å². The zero-order valence-corrected chi connectivity index (χ0v) is 13.3. The maximum absolute atomic E-state index is 5.58. The molecule has 0 aromatic heterocycles. The Morgan fingerprint density at radius 2 is 1.63 bits per heavy atom. The molecule has 0 aliphatic heterocycles. The zero-order chi connectivity index (χ0) is 14.1. The first kappa shape index (κ1) is 16.9. The maximum Gasteiger partial charge on any atom is 0.0701 e.